The minimum Gasteiger partial charge on any atom is -0.310 e. The summed E-state index contributed by atoms with van der Waals surface area (Å²) in [6.07, 6.45) is 7.14. The van der Waals surface area contributed by atoms with Crippen molar-refractivity contribution in [3.63, 3.8) is 0 Å². The molecule has 2 heteroatoms. The molecule has 4 unspecified atom stereocenters. The Kier molecular flexibility index (Phi) is 3.76. The lowest BCUT2D eigenvalue weighted by atomic mass is 9.80. The number of nitrogens with one attached hydrogen (secondary N) is 1. The Hall–Kier alpha value is -0.860. The fraction of sp³-hybridized carbons (Fsp3) is 0.579. The van der Waals surface area contributed by atoms with Crippen molar-refractivity contribution < 1.29 is 0 Å². The molecule has 0 aliphatic heterocycles. The fourth-order valence-corrected chi connectivity index (χ4v) is 5.73. The van der Waals surface area contributed by atoms with Crippen molar-refractivity contribution >= 4 is 21.4 Å². The molecule has 2 aliphatic carbocycles. The highest BCUT2D eigenvalue weighted by Gasteiger charge is 2.43. The maximum Gasteiger partial charge on any atom is 0.0365 e. The molecule has 0 saturated heterocycles. The summed E-state index contributed by atoms with van der Waals surface area (Å²) >= 11 is 1.91. The SMILES string of the molecule is CCCNC(c1csc2ccccc12)C1CC2CCC1C2. The lowest BCUT2D eigenvalue weighted by Gasteiger charge is -2.31. The molecule has 4 atom stereocenters. The lowest BCUT2D eigenvalue weighted by Crippen LogP contribution is -2.31. The highest BCUT2D eigenvalue weighted by Crippen LogP contribution is 2.53. The van der Waals surface area contributed by atoms with Crippen LogP contribution in [0.5, 0.6) is 0 Å². The van der Waals surface area contributed by atoms with E-state index >= 15 is 0 Å². The van der Waals surface area contributed by atoms with Crippen LogP contribution in [0.15, 0.2) is 29.6 Å². The van der Waals surface area contributed by atoms with Crippen molar-refractivity contribution in [3.8, 4) is 0 Å². The van der Waals surface area contributed by atoms with Crippen LogP contribution < -0.4 is 5.32 Å². The van der Waals surface area contributed by atoms with Crippen molar-refractivity contribution in [3.05, 3.63) is 35.2 Å². The molecule has 112 valence electrons. The first-order valence-electron chi connectivity index (χ1n) is 8.56. The van der Waals surface area contributed by atoms with Crippen LogP contribution >= 0.6 is 11.3 Å². The zero-order valence-electron chi connectivity index (χ0n) is 12.8. The largest absolute Gasteiger partial charge is 0.310 e. The summed E-state index contributed by atoms with van der Waals surface area (Å²) in [5.41, 5.74) is 1.57. The van der Waals surface area contributed by atoms with Crippen LogP contribution in [0.3, 0.4) is 0 Å². The van der Waals surface area contributed by atoms with Crippen molar-refractivity contribution in [1.82, 2.24) is 5.32 Å². The first kappa shape index (κ1) is 13.8. The Morgan fingerprint density at radius 2 is 2.14 bits per heavy atom. The lowest BCUT2D eigenvalue weighted by molar-refractivity contribution is 0.252. The quantitative estimate of drug-likeness (QED) is 0.781. The molecular weight excluding hydrogens is 274 g/mol. The molecule has 2 aromatic rings. The van der Waals surface area contributed by atoms with Gasteiger partial charge in [0.15, 0.2) is 0 Å². The van der Waals surface area contributed by atoms with Gasteiger partial charge in [-0.1, -0.05) is 31.5 Å². The monoisotopic (exact) mass is 299 g/mol. The Bertz CT molecular complexity index is 617. The van der Waals surface area contributed by atoms with Crippen molar-refractivity contribution in [2.75, 3.05) is 6.54 Å². The first-order chi connectivity index (χ1) is 10.4. The summed E-state index contributed by atoms with van der Waals surface area (Å²) < 4.78 is 1.44. The van der Waals surface area contributed by atoms with Crippen LogP contribution in [0.2, 0.25) is 0 Å². The number of hydrogen-bond donors (Lipinski definition) is 1. The molecule has 2 bridgehead atoms. The van der Waals surface area contributed by atoms with Crippen LogP contribution in [-0.2, 0) is 0 Å². The summed E-state index contributed by atoms with van der Waals surface area (Å²) in [5.74, 6) is 2.87. The van der Waals surface area contributed by atoms with Gasteiger partial charge in [0.25, 0.3) is 0 Å². The average Bonchev–Trinajstić information content (AvgIpc) is 3.23. The van der Waals surface area contributed by atoms with Crippen LogP contribution in [-0.4, -0.2) is 6.54 Å². The Labute approximate surface area is 131 Å². The number of thiophene rings is 1. The van der Waals surface area contributed by atoms with E-state index in [1.807, 2.05) is 11.3 Å². The van der Waals surface area contributed by atoms with Gasteiger partial charge in [-0.15, -0.1) is 11.3 Å². The van der Waals surface area contributed by atoms with Gasteiger partial charge in [-0.25, -0.2) is 0 Å². The highest BCUT2D eigenvalue weighted by molar-refractivity contribution is 7.17. The predicted molar refractivity (Wildman–Crippen MR) is 91.8 cm³/mol. The van der Waals surface area contributed by atoms with E-state index in [9.17, 15) is 0 Å². The smallest absolute Gasteiger partial charge is 0.0365 e. The zero-order valence-corrected chi connectivity index (χ0v) is 13.7. The van der Waals surface area contributed by atoms with Gasteiger partial charge in [-0.05, 0) is 72.4 Å². The molecule has 4 rings (SSSR count). The minimum atomic E-state index is 0.580. The van der Waals surface area contributed by atoms with Gasteiger partial charge < -0.3 is 5.32 Å². The zero-order chi connectivity index (χ0) is 14.2. The van der Waals surface area contributed by atoms with E-state index in [1.165, 1.54) is 42.2 Å². The average molecular weight is 299 g/mol. The molecule has 21 heavy (non-hydrogen) atoms. The summed E-state index contributed by atoms with van der Waals surface area (Å²) in [6, 6.07) is 9.51. The number of fused-ring (bicyclic) bond motifs is 3. The number of rotatable bonds is 5. The highest BCUT2D eigenvalue weighted by atomic mass is 32.1. The van der Waals surface area contributed by atoms with Gasteiger partial charge >= 0.3 is 0 Å². The van der Waals surface area contributed by atoms with Crippen molar-refractivity contribution in [2.45, 2.75) is 45.1 Å². The third kappa shape index (κ3) is 2.43. The van der Waals surface area contributed by atoms with Crippen LogP contribution in [0.25, 0.3) is 10.1 Å². The second-order valence-corrected chi connectivity index (χ2v) is 7.87. The Balaban J connectivity index is 1.68. The number of benzene rings is 1. The second kappa shape index (κ2) is 5.73. The molecule has 0 radical (unpaired) electrons. The van der Waals surface area contributed by atoms with E-state index in [0.717, 1.165) is 24.3 Å². The summed E-state index contributed by atoms with van der Waals surface area (Å²) in [7, 11) is 0. The van der Waals surface area contributed by atoms with E-state index in [2.05, 4.69) is 41.9 Å². The van der Waals surface area contributed by atoms with Crippen LogP contribution in [0.1, 0.15) is 50.6 Å². The van der Waals surface area contributed by atoms with E-state index in [4.69, 9.17) is 0 Å². The standard InChI is InChI=1S/C19H25NS/c1-2-9-20-19(16-11-13-7-8-14(16)10-13)17-12-21-18-6-4-3-5-15(17)18/h3-6,12-14,16,19-20H,2,7-11H2,1H3. The summed E-state index contributed by atoms with van der Waals surface area (Å²) in [5, 5.41) is 7.80. The van der Waals surface area contributed by atoms with Gasteiger partial charge in [0, 0.05) is 10.7 Å². The molecule has 2 saturated carbocycles. The maximum absolute atomic E-state index is 3.90. The van der Waals surface area contributed by atoms with Crippen LogP contribution in [0.4, 0.5) is 0 Å². The third-order valence-corrected chi connectivity index (χ3v) is 6.66. The second-order valence-electron chi connectivity index (χ2n) is 6.96. The molecule has 1 heterocycles. The van der Waals surface area contributed by atoms with Gasteiger partial charge in [0.2, 0.25) is 0 Å². The molecule has 2 fully saturated rings. The third-order valence-electron chi connectivity index (χ3n) is 5.68. The van der Waals surface area contributed by atoms with Crippen molar-refractivity contribution in [2.24, 2.45) is 17.8 Å². The van der Waals surface area contributed by atoms with Crippen molar-refractivity contribution in [1.29, 1.82) is 0 Å². The van der Waals surface area contributed by atoms with Gasteiger partial charge in [-0.3, -0.25) is 0 Å². The minimum absolute atomic E-state index is 0.580. The van der Waals surface area contributed by atoms with E-state index in [0.29, 0.717) is 6.04 Å². The first-order valence-corrected chi connectivity index (χ1v) is 9.44. The van der Waals surface area contributed by atoms with Gasteiger partial charge in [-0.2, -0.15) is 0 Å². The van der Waals surface area contributed by atoms with Crippen LogP contribution in [0, 0.1) is 17.8 Å². The Morgan fingerprint density at radius 3 is 2.90 bits per heavy atom. The number of hydrogen-bond acceptors (Lipinski definition) is 2. The van der Waals surface area contributed by atoms with Gasteiger partial charge in [0.05, 0.1) is 0 Å². The summed E-state index contributed by atoms with van der Waals surface area (Å²) in [6.45, 7) is 3.42. The van der Waals surface area contributed by atoms with E-state index in [-0.39, 0.29) is 0 Å². The molecule has 1 nitrogen and oxygen atoms in total. The molecule has 1 aromatic carbocycles. The normalized spacial score (nSPS) is 29.3. The maximum atomic E-state index is 3.90. The van der Waals surface area contributed by atoms with E-state index in [1.54, 1.807) is 5.56 Å². The Morgan fingerprint density at radius 1 is 1.24 bits per heavy atom. The molecule has 1 N–H and O–H groups in total. The fourth-order valence-electron chi connectivity index (χ4n) is 4.73. The molecular formula is C19H25NS. The molecule has 1 aromatic heterocycles. The summed E-state index contributed by atoms with van der Waals surface area (Å²) in [4.78, 5) is 0. The van der Waals surface area contributed by atoms with E-state index < -0.39 is 0 Å². The predicted octanol–water partition coefficient (Wildman–Crippen LogP) is 5.38. The topological polar surface area (TPSA) is 12.0 Å². The van der Waals surface area contributed by atoms with Gasteiger partial charge in [0.1, 0.15) is 0 Å². The molecule has 0 amide bonds. The molecule has 2 aliphatic rings. The molecule has 0 spiro atoms.